The van der Waals surface area contributed by atoms with Crippen molar-refractivity contribution >= 4 is 11.8 Å². The van der Waals surface area contributed by atoms with Crippen molar-refractivity contribution in [3.63, 3.8) is 0 Å². The zero-order valence-electron chi connectivity index (χ0n) is 9.88. The van der Waals surface area contributed by atoms with Crippen LogP contribution < -0.4 is 5.32 Å². The van der Waals surface area contributed by atoms with Crippen LogP contribution in [0, 0.1) is 5.41 Å². The number of nitrogens with one attached hydrogen (secondary N) is 1. The van der Waals surface area contributed by atoms with Crippen LogP contribution >= 0.6 is 0 Å². The molecule has 1 fully saturated rings. The second-order valence-electron chi connectivity index (χ2n) is 5.14. The number of imide groups is 1. The highest BCUT2D eigenvalue weighted by Gasteiger charge is 2.50. The summed E-state index contributed by atoms with van der Waals surface area (Å²) < 4.78 is 0. The zero-order chi connectivity index (χ0) is 12.0. The van der Waals surface area contributed by atoms with Crippen molar-refractivity contribution in [3.05, 3.63) is 34.9 Å². The minimum Gasteiger partial charge on any atom is -0.296 e. The highest BCUT2D eigenvalue weighted by Crippen LogP contribution is 2.42. The molecule has 1 aromatic carbocycles. The SMILES string of the molecule is CCc1ccc2c(c1)CC1(CC(=O)NC1=O)C2. The molecule has 1 aliphatic carbocycles. The van der Waals surface area contributed by atoms with Gasteiger partial charge in [-0.15, -0.1) is 0 Å². The van der Waals surface area contributed by atoms with Crippen LogP contribution in [0.4, 0.5) is 0 Å². The molecule has 1 heterocycles. The number of hydrogen-bond donors (Lipinski definition) is 1. The number of fused-ring (bicyclic) bond motifs is 1. The van der Waals surface area contributed by atoms with E-state index in [1.807, 2.05) is 0 Å². The quantitative estimate of drug-likeness (QED) is 0.739. The fraction of sp³-hybridized carbons (Fsp3) is 0.429. The van der Waals surface area contributed by atoms with Crippen LogP contribution in [0.1, 0.15) is 30.0 Å². The number of rotatable bonds is 1. The maximum atomic E-state index is 11.9. The summed E-state index contributed by atoms with van der Waals surface area (Å²) in [5.74, 6) is -0.213. The van der Waals surface area contributed by atoms with Gasteiger partial charge in [0.25, 0.3) is 0 Å². The Balaban J connectivity index is 1.97. The molecule has 1 saturated heterocycles. The Bertz CT molecular complexity index is 521. The van der Waals surface area contributed by atoms with Crippen molar-refractivity contribution in [3.8, 4) is 0 Å². The molecule has 1 N–H and O–H groups in total. The molecule has 0 bridgehead atoms. The third-order valence-corrected chi connectivity index (χ3v) is 3.97. The summed E-state index contributed by atoms with van der Waals surface area (Å²) in [7, 11) is 0. The van der Waals surface area contributed by atoms with Gasteiger partial charge in [-0.2, -0.15) is 0 Å². The van der Waals surface area contributed by atoms with Gasteiger partial charge in [-0.05, 0) is 36.0 Å². The normalized spacial score (nSPS) is 26.4. The van der Waals surface area contributed by atoms with Gasteiger partial charge < -0.3 is 0 Å². The Morgan fingerprint density at radius 3 is 2.59 bits per heavy atom. The molecule has 1 atom stereocenters. The first-order valence-corrected chi connectivity index (χ1v) is 6.08. The molecule has 1 spiro atoms. The van der Waals surface area contributed by atoms with Crippen LogP contribution in [-0.2, 0) is 28.9 Å². The second-order valence-corrected chi connectivity index (χ2v) is 5.14. The summed E-state index contributed by atoms with van der Waals surface area (Å²) in [4.78, 5) is 23.3. The molecular formula is C14H15NO2. The van der Waals surface area contributed by atoms with Gasteiger partial charge in [0.05, 0.1) is 5.41 Å². The van der Waals surface area contributed by atoms with Crippen molar-refractivity contribution in [1.29, 1.82) is 0 Å². The van der Waals surface area contributed by atoms with Gasteiger partial charge in [-0.25, -0.2) is 0 Å². The smallest absolute Gasteiger partial charge is 0.233 e. The Morgan fingerprint density at radius 1 is 1.18 bits per heavy atom. The molecule has 1 aliphatic heterocycles. The molecule has 2 amide bonds. The van der Waals surface area contributed by atoms with Crippen LogP contribution in [0.5, 0.6) is 0 Å². The van der Waals surface area contributed by atoms with E-state index in [1.54, 1.807) is 0 Å². The lowest BCUT2D eigenvalue weighted by molar-refractivity contribution is -0.128. The van der Waals surface area contributed by atoms with E-state index >= 15 is 0 Å². The van der Waals surface area contributed by atoms with Crippen LogP contribution in [0.15, 0.2) is 18.2 Å². The van der Waals surface area contributed by atoms with E-state index in [4.69, 9.17) is 0 Å². The molecule has 2 aliphatic rings. The third-order valence-electron chi connectivity index (χ3n) is 3.97. The fourth-order valence-electron chi connectivity index (χ4n) is 3.00. The summed E-state index contributed by atoms with van der Waals surface area (Å²) in [6.07, 6.45) is 2.78. The number of amides is 2. The van der Waals surface area contributed by atoms with E-state index in [2.05, 4.69) is 30.4 Å². The monoisotopic (exact) mass is 229 g/mol. The summed E-state index contributed by atoms with van der Waals surface area (Å²) >= 11 is 0. The number of benzene rings is 1. The van der Waals surface area contributed by atoms with Gasteiger partial charge in [0.1, 0.15) is 0 Å². The number of carbonyl (C=O) groups is 2. The Kier molecular flexibility index (Phi) is 2.12. The highest BCUT2D eigenvalue weighted by molar-refractivity contribution is 6.06. The molecule has 1 unspecified atom stereocenters. The topological polar surface area (TPSA) is 46.2 Å². The van der Waals surface area contributed by atoms with E-state index in [1.165, 1.54) is 16.7 Å². The summed E-state index contributed by atoms with van der Waals surface area (Å²) in [5.41, 5.74) is 3.29. The molecule has 17 heavy (non-hydrogen) atoms. The van der Waals surface area contributed by atoms with Crippen LogP contribution in [-0.4, -0.2) is 11.8 Å². The maximum absolute atomic E-state index is 11.9. The van der Waals surface area contributed by atoms with Gasteiger partial charge in [0, 0.05) is 6.42 Å². The Morgan fingerprint density at radius 2 is 1.94 bits per heavy atom. The fourth-order valence-corrected chi connectivity index (χ4v) is 3.00. The number of hydrogen-bond acceptors (Lipinski definition) is 2. The van der Waals surface area contributed by atoms with Crippen molar-refractivity contribution in [2.45, 2.75) is 32.6 Å². The van der Waals surface area contributed by atoms with E-state index in [0.29, 0.717) is 19.3 Å². The lowest BCUT2D eigenvalue weighted by atomic mass is 9.83. The van der Waals surface area contributed by atoms with Gasteiger partial charge in [-0.1, -0.05) is 25.1 Å². The van der Waals surface area contributed by atoms with Gasteiger partial charge in [0.2, 0.25) is 11.8 Å². The third kappa shape index (κ3) is 1.49. The first-order valence-electron chi connectivity index (χ1n) is 6.08. The zero-order valence-corrected chi connectivity index (χ0v) is 9.88. The maximum Gasteiger partial charge on any atom is 0.233 e. The largest absolute Gasteiger partial charge is 0.296 e. The van der Waals surface area contributed by atoms with Crippen LogP contribution in [0.25, 0.3) is 0 Å². The molecule has 0 radical (unpaired) electrons. The second kappa shape index (κ2) is 3.42. The van der Waals surface area contributed by atoms with Gasteiger partial charge >= 0.3 is 0 Å². The van der Waals surface area contributed by atoms with Crippen LogP contribution in [0.2, 0.25) is 0 Å². The summed E-state index contributed by atoms with van der Waals surface area (Å²) in [6, 6.07) is 6.41. The Hall–Kier alpha value is -1.64. The molecular weight excluding hydrogens is 214 g/mol. The average molecular weight is 229 g/mol. The highest BCUT2D eigenvalue weighted by atomic mass is 16.2. The Labute approximate surface area is 100 Å². The molecule has 0 saturated carbocycles. The lowest BCUT2D eigenvalue weighted by Gasteiger charge is -2.16. The van der Waals surface area contributed by atoms with E-state index in [-0.39, 0.29) is 11.8 Å². The minimum absolute atomic E-state index is 0.0863. The predicted octanol–water partition coefficient (Wildman–Crippen LogP) is 1.38. The molecule has 0 aromatic heterocycles. The first kappa shape index (κ1) is 10.5. The minimum atomic E-state index is -0.480. The standard InChI is InChI=1S/C14H15NO2/c1-2-9-3-4-10-6-14(7-11(10)5-9)8-12(16)15-13(14)17/h3-5H,2,6-8H2,1H3,(H,15,16,17). The van der Waals surface area contributed by atoms with Crippen molar-refractivity contribution in [2.24, 2.45) is 5.41 Å². The van der Waals surface area contributed by atoms with E-state index < -0.39 is 5.41 Å². The molecule has 3 heteroatoms. The molecule has 1 aromatic rings. The van der Waals surface area contributed by atoms with Crippen molar-refractivity contribution in [1.82, 2.24) is 5.32 Å². The summed E-state index contributed by atoms with van der Waals surface area (Å²) in [5, 5.41) is 2.44. The summed E-state index contributed by atoms with van der Waals surface area (Å²) in [6.45, 7) is 2.12. The molecule has 88 valence electrons. The first-order chi connectivity index (χ1) is 8.13. The molecule has 3 nitrogen and oxygen atoms in total. The van der Waals surface area contributed by atoms with Gasteiger partial charge in [-0.3, -0.25) is 14.9 Å². The van der Waals surface area contributed by atoms with Crippen molar-refractivity contribution < 1.29 is 9.59 Å². The van der Waals surface area contributed by atoms with Crippen LogP contribution in [0.3, 0.4) is 0 Å². The average Bonchev–Trinajstić information content (AvgIpc) is 2.78. The van der Waals surface area contributed by atoms with E-state index in [0.717, 1.165) is 6.42 Å². The number of carbonyl (C=O) groups excluding carboxylic acids is 2. The predicted molar refractivity (Wildman–Crippen MR) is 63.4 cm³/mol. The molecule has 3 rings (SSSR count). The van der Waals surface area contributed by atoms with Gasteiger partial charge in [0.15, 0.2) is 0 Å². The number of aryl methyl sites for hydroxylation is 1. The van der Waals surface area contributed by atoms with E-state index in [9.17, 15) is 9.59 Å². The van der Waals surface area contributed by atoms with Crippen molar-refractivity contribution in [2.75, 3.05) is 0 Å². The lowest BCUT2D eigenvalue weighted by Crippen LogP contribution is -2.32.